The molecule has 40 heteroatoms. The van der Waals surface area contributed by atoms with E-state index in [4.69, 9.17) is 66.3 Å². The molecular weight excluding hydrogens is 1270 g/mol. The summed E-state index contributed by atoms with van der Waals surface area (Å²) in [7, 11) is 0. The summed E-state index contributed by atoms with van der Waals surface area (Å²) in [4.78, 5) is 49.5. The maximum atomic E-state index is 12.9. The van der Waals surface area contributed by atoms with E-state index < -0.39 is 291 Å². The van der Waals surface area contributed by atoms with Gasteiger partial charge in [-0.2, -0.15) is 0 Å². The molecule has 93 heavy (non-hydrogen) atoms. The van der Waals surface area contributed by atoms with E-state index in [1.807, 2.05) is 0 Å². The molecule has 7 fully saturated rings. The molecule has 0 aromatic heterocycles. The fourth-order valence-corrected chi connectivity index (χ4v) is 12.3. The normalized spacial score (nSPS) is 47.2. The molecule has 0 aromatic rings. The lowest BCUT2D eigenvalue weighted by Gasteiger charge is -2.51. The number of aliphatic hydroxyl groups excluding tert-OH is 19. The number of rotatable bonds is 26. The molecule has 7 aliphatic heterocycles. The average Bonchev–Trinajstić information content (AvgIpc) is 0.775. The van der Waals surface area contributed by atoms with Gasteiger partial charge in [-0.1, -0.05) is 6.92 Å². The lowest BCUT2D eigenvalue weighted by atomic mass is 9.87. The van der Waals surface area contributed by atoms with Gasteiger partial charge in [-0.3, -0.25) is 19.2 Å². The summed E-state index contributed by atoms with van der Waals surface area (Å²) in [6, 6.07) is -4.75. The molecule has 7 saturated heterocycles. The first kappa shape index (κ1) is 77.0. The Hall–Kier alpha value is -3.40. The van der Waals surface area contributed by atoms with Crippen LogP contribution in [0.4, 0.5) is 0 Å². The first-order valence-electron chi connectivity index (χ1n) is 29.9. The van der Waals surface area contributed by atoms with Crippen LogP contribution in [-0.2, 0) is 85.5 Å². The first-order valence-corrected chi connectivity index (χ1v) is 29.9. The number of ether oxygens (including phenoxy) is 14. The number of carbonyl (C=O) groups excluding carboxylic acids is 4. The van der Waals surface area contributed by atoms with Gasteiger partial charge in [-0.05, 0) is 6.92 Å². The molecule has 14 unspecified atom stereocenters. The predicted molar refractivity (Wildman–Crippen MR) is 290 cm³/mol. The monoisotopic (exact) mass is 1360 g/mol. The van der Waals surface area contributed by atoms with Crippen molar-refractivity contribution in [2.75, 3.05) is 46.2 Å². The van der Waals surface area contributed by atoms with E-state index in [2.05, 4.69) is 16.0 Å². The predicted octanol–water partition coefficient (Wildman–Crippen LogP) is -14.2. The first-order chi connectivity index (χ1) is 44.0. The van der Waals surface area contributed by atoms with E-state index in [0.717, 1.165) is 13.8 Å². The minimum absolute atomic E-state index is 0.221. The second-order valence-corrected chi connectivity index (χ2v) is 23.7. The van der Waals surface area contributed by atoms with Crippen LogP contribution in [0, 0.1) is 5.92 Å². The van der Waals surface area contributed by atoms with Gasteiger partial charge < -0.3 is 179 Å². The van der Waals surface area contributed by atoms with E-state index in [9.17, 15) is 116 Å². The van der Waals surface area contributed by atoms with Crippen molar-refractivity contribution in [3.8, 4) is 0 Å². The van der Waals surface area contributed by atoms with Gasteiger partial charge in [0, 0.05) is 26.7 Å². The summed E-state index contributed by atoms with van der Waals surface area (Å²) in [6.45, 7) is -1.37. The van der Waals surface area contributed by atoms with Crippen LogP contribution in [0.3, 0.4) is 0 Å². The zero-order chi connectivity index (χ0) is 68.8. The third kappa shape index (κ3) is 17.0. The number of hydrogen-bond acceptors (Lipinski definition) is 37. The van der Waals surface area contributed by atoms with Crippen molar-refractivity contribution in [3.05, 3.63) is 0 Å². The zero-order valence-corrected chi connectivity index (χ0v) is 50.8. The molecule has 0 aliphatic carbocycles. The summed E-state index contributed by atoms with van der Waals surface area (Å²) in [5, 5.41) is 217. The smallest absolute Gasteiger partial charge is 0.332 e. The third-order valence-corrected chi connectivity index (χ3v) is 17.2. The quantitative estimate of drug-likeness (QED) is 0.0282. The van der Waals surface area contributed by atoms with Crippen molar-refractivity contribution in [1.29, 1.82) is 0 Å². The van der Waals surface area contributed by atoms with Gasteiger partial charge >= 0.3 is 5.97 Å². The molecule has 7 heterocycles. The molecule has 7 rings (SSSR count). The lowest BCUT2D eigenvalue weighted by molar-refractivity contribution is -0.448. The molecule has 22 N–H and O–H groups in total. The second kappa shape index (κ2) is 33.4. The van der Waals surface area contributed by atoms with Crippen molar-refractivity contribution < 1.29 is 183 Å². The number of hydrogen-bond donors (Lipinski definition) is 22. The molecular formula is C53H89N3O37. The molecule has 0 saturated carbocycles. The minimum Gasteiger partial charge on any atom is -0.410 e. The zero-order valence-electron chi connectivity index (χ0n) is 50.8. The largest absolute Gasteiger partial charge is 0.410 e. The van der Waals surface area contributed by atoms with Gasteiger partial charge in [0.2, 0.25) is 17.7 Å². The van der Waals surface area contributed by atoms with Gasteiger partial charge in [-0.25, -0.2) is 0 Å². The van der Waals surface area contributed by atoms with Crippen LogP contribution >= 0.6 is 0 Å². The van der Waals surface area contributed by atoms with Crippen molar-refractivity contribution >= 4 is 24.2 Å². The van der Waals surface area contributed by atoms with E-state index in [1.54, 1.807) is 0 Å². The van der Waals surface area contributed by atoms with Crippen molar-refractivity contribution in [3.63, 3.8) is 0 Å². The Morgan fingerprint density at radius 3 is 1.29 bits per heavy atom. The molecule has 40 nitrogen and oxygen atoms in total. The van der Waals surface area contributed by atoms with Crippen molar-refractivity contribution in [2.24, 2.45) is 5.92 Å². The highest BCUT2D eigenvalue weighted by Crippen LogP contribution is 2.42. The summed E-state index contributed by atoms with van der Waals surface area (Å²) in [5.41, 5.74) is 0. The molecule has 0 spiro atoms. The Morgan fingerprint density at radius 1 is 0.462 bits per heavy atom. The van der Waals surface area contributed by atoms with Gasteiger partial charge in [0.25, 0.3) is 6.47 Å². The summed E-state index contributed by atoms with van der Waals surface area (Å²) in [6.07, 6.45) is -60.5. The van der Waals surface area contributed by atoms with Crippen LogP contribution in [0.2, 0.25) is 0 Å². The van der Waals surface area contributed by atoms with E-state index in [0.29, 0.717) is 0 Å². The summed E-state index contributed by atoms with van der Waals surface area (Å²) < 4.78 is 81.9. The Morgan fingerprint density at radius 2 is 0.839 bits per heavy atom. The fraction of sp³-hybridized carbons (Fsp3) is 0.925. The van der Waals surface area contributed by atoms with E-state index in [-0.39, 0.29) is 6.47 Å². The van der Waals surface area contributed by atoms with Gasteiger partial charge in [-0.15, -0.1) is 0 Å². The standard InChI is InChI=1S/C53H89N3O37/c1-15-20(68)6-53(80-14-64,92-41(15)31(70)21(69)7-57)93-46-34(73)24(10-60)83-51(40(46)79)89-44-27(13-63)86-49(30(37(44)76)56-19(5)67)91-47-38(77)32(71)22(8-58)84-52(47)90-45-33(72)23(9-59)82-50(39(45)78)88-43-26(12-62)85-48(29(36(43)75)55-18(4)66)87-42-25(11-61)81-16(2)28(35(42)74)54-17(3)65/h14-16,20-52,57-63,68-79H,6-13H2,1-5H3,(H,54,65)(H,55,66)(H,56,67)/t15-,16+,20?,21-,22-,23?,24?,25?,26?,27?,28?,29?,30?,31-,32-,33-,34+,35-,36-,37-,38?,39?,40?,41?,42-,43-,44-,45+,46+,47?,48+,49+,50+,51+,52-,53+/m1/s1. The van der Waals surface area contributed by atoms with Gasteiger partial charge in [0.15, 0.2) is 31.5 Å². The highest BCUT2D eigenvalue weighted by molar-refractivity contribution is 5.74. The molecule has 7 aliphatic rings. The lowest BCUT2D eigenvalue weighted by Crippen LogP contribution is -2.71. The molecule has 538 valence electrons. The number of nitrogens with one attached hydrogen (secondary N) is 3. The molecule has 0 radical (unpaired) electrons. The van der Waals surface area contributed by atoms with Crippen LogP contribution in [-0.4, -0.2) is 382 Å². The fourth-order valence-electron chi connectivity index (χ4n) is 12.3. The SMILES string of the molecule is CC(=O)NC1[C@H](O[C@@H]2C(CO)O[C@@H](C)C(NC(C)=O)[C@H]2O)OC(CO)[C@@H](O[C@@H]2OC(CO)[C@@H](O)[C@H](O[C@H]3O[C@H](CO)[C@@H](O)C(O)C3O[C@@H]3OC(CO)[C@@H](O[C@@H]4OC(CO)[C@H](O)[C@H](O[C@]5(OC=O)CC(O)[C@@H](C)C([C@H](O)[C@H](O)CO)O5)C4O)[C@H](O)C3NC(C)=O)C2O)[C@@H]1O. The Labute approximate surface area is 529 Å². The topological polar surface area (TPSA) is 618 Å². The number of aliphatic hydroxyl groups is 19. The van der Waals surface area contributed by atoms with Crippen LogP contribution in [0.25, 0.3) is 0 Å². The van der Waals surface area contributed by atoms with Crippen LogP contribution in [0.5, 0.6) is 0 Å². The molecule has 0 aromatic carbocycles. The number of carbonyl (C=O) groups is 4. The molecule has 3 amide bonds. The van der Waals surface area contributed by atoms with Crippen molar-refractivity contribution in [2.45, 2.75) is 255 Å². The van der Waals surface area contributed by atoms with E-state index in [1.165, 1.54) is 20.8 Å². The molecule has 36 atom stereocenters. The summed E-state index contributed by atoms with van der Waals surface area (Å²) >= 11 is 0. The Kier molecular flexibility index (Phi) is 27.7. The average molecular weight is 1360 g/mol. The second-order valence-electron chi connectivity index (χ2n) is 23.7. The maximum absolute atomic E-state index is 12.9. The Bertz CT molecular complexity index is 2380. The van der Waals surface area contributed by atoms with Crippen LogP contribution in [0.15, 0.2) is 0 Å². The minimum atomic E-state index is -2.81. The molecule has 0 bridgehead atoms. The third-order valence-electron chi connectivity index (χ3n) is 17.2. The summed E-state index contributed by atoms with van der Waals surface area (Å²) in [5.74, 6) is -6.18. The van der Waals surface area contributed by atoms with Gasteiger partial charge in [0.05, 0.1) is 77.0 Å². The Balaban J connectivity index is 1.12. The number of amides is 3. The van der Waals surface area contributed by atoms with Crippen LogP contribution in [0.1, 0.15) is 41.0 Å². The maximum Gasteiger partial charge on any atom is 0.332 e. The highest BCUT2D eigenvalue weighted by Gasteiger charge is 2.61. The van der Waals surface area contributed by atoms with Crippen LogP contribution < -0.4 is 16.0 Å². The highest BCUT2D eigenvalue weighted by atomic mass is 16.9. The van der Waals surface area contributed by atoms with Crippen molar-refractivity contribution in [1.82, 2.24) is 16.0 Å². The van der Waals surface area contributed by atoms with E-state index >= 15 is 0 Å². The van der Waals surface area contributed by atoms with Gasteiger partial charge in [0.1, 0.15) is 152 Å².